The van der Waals surface area contributed by atoms with Gasteiger partial charge in [-0.05, 0) is 13.0 Å². The highest BCUT2D eigenvalue weighted by Gasteiger charge is 2.22. The van der Waals surface area contributed by atoms with Gasteiger partial charge in [0.25, 0.3) is 10.1 Å². The van der Waals surface area contributed by atoms with E-state index >= 15 is 0 Å². The molecule has 1 aromatic carbocycles. The summed E-state index contributed by atoms with van der Waals surface area (Å²) in [6.45, 7) is 0.918. The lowest BCUT2D eigenvalue weighted by molar-refractivity contribution is 0.433. The van der Waals surface area contributed by atoms with Crippen molar-refractivity contribution in [1.82, 2.24) is 0 Å². The molecule has 0 aliphatic heterocycles. The van der Waals surface area contributed by atoms with Crippen LogP contribution in [0.3, 0.4) is 0 Å². The quantitative estimate of drug-likeness (QED) is 0.585. The molecule has 1 rings (SSSR count). The van der Waals surface area contributed by atoms with E-state index in [0.717, 1.165) is 6.92 Å². The minimum Gasteiger partial charge on any atom is -0.282 e. The number of hydrogen-bond acceptors (Lipinski definition) is 2. The molecule has 3 nitrogen and oxygen atoms in total. The summed E-state index contributed by atoms with van der Waals surface area (Å²) in [6.07, 6.45) is 0. The topological polar surface area (TPSA) is 54.4 Å². The summed E-state index contributed by atoms with van der Waals surface area (Å²) < 4.78 is 67.5. The lowest BCUT2D eigenvalue weighted by Gasteiger charge is -2.04. The third-order valence-corrected chi connectivity index (χ3v) is 2.62. The SMILES string of the molecule is Cc1c(S(=O)(=O)O)cc(F)c(F)c1F. The third-order valence-electron chi connectivity index (χ3n) is 1.64. The van der Waals surface area contributed by atoms with Gasteiger partial charge in [0.1, 0.15) is 4.90 Å². The Bertz CT molecular complexity index is 481. The summed E-state index contributed by atoms with van der Waals surface area (Å²) in [5.74, 6) is -5.06. The van der Waals surface area contributed by atoms with E-state index < -0.39 is 38.0 Å². The van der Waals surface area contributed by atoms with Crippen molar-refractivity contribution >= 4 is 10.1 Å². The van der Waals surface area contributed by atoms with Gasteiger partial charge in [0, 0.05) is 5.56 Å². The van der Waals surface area contributed by atoms with E-state index in [1.54, 1.807) is 0 Å². The van der Waals surface area contributed by atoms with E-state index in [-0.39, 0.29) is 6.07 Å². The molecule has 0 radical (unpaired) electrons. The lowest BCUT2D eigenvalue weighted by Crippen LogP contribution is -2.06. The average Bonchev–Trinajstić information content (AvgIpc) is 2.06. The van der Waals surface area contributed by atoms with Crippen molar-refractivity contribution in [3.05, 3.63) is 29.1 Å². The molecule has 0 amide bonds. The largest absolute Gasteiger partial charge is 0.294 e. The fourth-order valence-electron chi connectivity index (χ4n) is 0.932. The lowest BCUT2D eigenvalue weighted by atomic mass is 10.2. The van der Waals surface area contributed by atoms with Crippen LogP contribution in [0.2, 0.25) is 0 Å². The molecule has 78 valence electrons. The van der Waals surface area contributed by atoms with E-state index in [1.807, 2.05) is 0 Å². The molecule has 0 aliphatic rings. The van der Waals surface area contributed by atoms with Crippen LogP contribution >= 0.6 is 0 Å². The monoisotopic (exact) mass is 226 g/mol. The Morgan fingerprint density at radius 3 is 2.14 bits per heavy atom. The Hall–Kier alpha value is -1.08. The molecule has 0 fully saturated rings. The van der Waals surface area contributed by atoms with Crippen LogP contribution in [0.1, 0.15) is 5.56 Å². The highest BCUT2D eigenvalue weighted by Crippen LogP contribution is 2.22. The molecular weight excluding hydrogens is 221 g/mol. The standard InChI is InChI=1S/C7H5F3O3S/c1-3-5(14(11,12)13)2-4(8)7(10)6(3)9/h2H,1H3,(H,11,12,13). The normalized spacial score (nSPS) is 11.8. The first kappa shape index (κ1) is 11.0. The van der Waals surface area contributed by atoms with E-state index in [4.69, 9.17) is 4.55 Å². The zero-order valence-corrected chi connectivity index (χ0v) is 7.70. The van der Waals surface area contributed by atoms with Crippen LogP contribution in [-0.4, -0.2) is 13.0 Å². The van der Waals surface area contributed by atoms with Crippen LogP contribution in [0.25, 0.3) is 0 Å². The van der Waals surface area contributed by atoms with Gasteiger partial charge in [-0.2, -0.15) is 8.42 Å². The second kappa shape index (κ2) is 3.25. The van der Waals surface area contributed by atoms with Crippen LogP contribution in [0.4, 0.5) is 13.2 Å². The van der Waals surface area contributed by atoms with Crippen LogP contribution in [0.5, 0.6) is 0 Å². The van der Waals surface area contributed by atoms with Gasteiger partial charge in [-0.3, -0.25) is 4.55 Å². The Morgan fingerprint density at radius 2 is 1.71 bits per heavy atom. The predicted octanol–water partition coefficient (Wildman–Crippen LogP) is 1.66. The second-order valence-electron chi connectivity index (χ2n) is 2.58. The van der Waals surface area contributed by atoms with E-state index in [9.17, 15) is 21.6 Å². The maximum atomic E-state index is 12.8. The van der Waals surface area contributed by atoms with E-state index in [2.05, 4.69) is 0 Å². The fourth-order valence-corrected chi connectivity index (χ4v) is 1.66. The second-order valence-corrected chi connectivity index (χ2v) is 3.97. The first-order valence-corrected chi connectivity index (χ1v) is 4.80. The first-order chi connectivity index (χ1) is 6.25. The molecule has 0 atom stereocenters. The summed E-state index contributed by atoms with van der Waals surface area (Å²) in [5, 5.41) is 0. The van der Waals surface area contributed by atoms with Gasteiger partial charge >= 0.3 is 0 Å². The first-order valence-electron chi connectivity index (χ1n) is 3.36. The smallest absolute Gasteiger partial charge is 0.282 e. The molecule has 0 aliphatic carbocycles. The Labute approximate surface area is 77.9 Å². The molecule has 1 N–H and O–H groups in total. The van der Waals surface area contributed by atoms with Crippen molar-refractivity contribution in [2.24, 2.45) is 0 Å². The van der Waals surface area contributed by atoms with Crippen LogP contribution in [-0.2, 0) is 10.1 Å². The Morgan fingerprint density at radius 1 is 1.21 bits per heavy atom. The summed E-state index contributed by atoms with van der Waals surface area (Å²) in [6, 6.07) is 0.225. The van der Waals surface area contributed by atoms with Gasteiger partial charge in [0.2, 0.25) is 0 Å². The zero-order valence-electron chi connectivity index (χ0n) is 6.88. The number of hydrogen-bond donors (Lipinski definition) is 1. The molecule has 0 unspecified atom stereocenters. The summed E-state index contributed by atoms with van der Waals surface area (Å²) in [4.78, 5) is -0.978. The molecule has 0 saturated heterocycles. The molecular formula is C7H5F3O3S. The summed E-state index contributed by atoms with van der Waals surface area (Å²) >= 11 is 0. The van der Waals surface area contributed by atoms with Crippen LogP contribution < -0.4 is 0 Å². The van der Waals surface area contributed by atoms with Crippen molar-refractivity contribution in [2.45, 2.75) is 11.8 Å². The molecule has 0 bridgehead atoms. The van der Waals surface area contributed by atoms with Crippen molar-refractivity contribution in [3.8, 4) is 0 Å². The number of halogens is 3. The molecule has 0 saturated carbocycles. The van der Waals surface area contributed by atoms with Gasteiger partial charge in [0.05, 0.1) is 0 Å². The van der Waals surface area contributed by atoms with Crippen molar-refractivity contribution in [3.63, 3.8) is 0 Å². The van der Waals surface area contributed by atoms with Gasteiger partial charge in [-0.15, -0.1) is 0 Å². The molecule has 14 heavy (non-hydrogen) atoms. The van der Waals surface area contributed by atoms with Crippen LogP contribution in [0.15, 0.2) is 11.0 Å². The number of rotatable bonds is 1. The fraction of sp³-hybridized carbons (Fsp3) is 0.143. The molecule has 7 heteroatoms. The molecule has 0 heterocycles. The Kier molecular flexibility index (Phi) is 2.55. The summed E-state index contributed by atoms with van der Waals surface area (Å²) in [5.41, 5.74) is -0.661. The molecule has 0 aromatic heterocycles. The maximum Gasteiger partial charge on any atom is 0.294 e. The predicted molar refractivity (Wildman–Crippen MR) is 40.9 cm³/mol. The van der Waals surface area contributed by atoms with Gasteiger partial charge in [-0.1, -0.05) is 0 Å². The highest BCUT2D eigenvalue weighted by atomic mass is 32.2. The van der Waals surface area contributed by atoms with Gasteiger partial charge in [-0.25, -0.2) is 13.2 Å². The van der Waals surface area contributed by atoms with Crippen LogP contribution in [0, 0.1) is 24.4 Å². The van der Waals surface area contributed by atoms with Gasteiger partial charge < -0.3 is 0 Å². The minimum atomic E-state index is -4.74. The highest BCUT2D eigenvalue weighted by molar-refractivity contribution is 7.85. The zero-order chi connectivity index (χ0) is 11.1. The van der Waals surface area contributed by atoms with Gasteiger partial charge in [0.15, 0.2) is 17.5 Å². The maximum absolute atomic E-state index is 12.8. The van der Waals surface area contributed by atoms with E-state index in [1.165, 1.54) is 0 Å². The molecule has 0 spiro atoms. The minimum absolute atomic E-state index is 0.225. The Balaban J connectivity index is 3.66. The number of benzene rings is 1. The van der Waals surface area contributed by atoms with Crippen molar-refractivity contribution < 1.29 is 26.1 Å². The average molecular weight is 226 g/mol. The summed E-state index contributed by atoms with van der Waals surface area (Å²) in [7, 11) is -4.74. The van der Waals surface area contributed by atoms with Crippen molar-refractivity contribution in [2.75, 3.05) is 0 Å². The third kappa shape index (κ3) is 1.73. The van der Waals surface area contributed by atoms with E-state index in [0.29, 0.717) is 0 Å². The molecule has 1 aromatic rings. The van der Waals surface area contributed by atoms with Crippen molar-refractivity contribution in [1.29, 1.82) is 0 Å².